The maximum Gasteiger partial charge on any atom is 0.247 e. The van der Waals surface area contributed by atoms with Crippen LogP contribution in [0, 0.1) is 0 Å². The van der Waals surface area contributed by atoms with Crippen molar-refractivity contribution in [2.45, 2.75) is 32.4 Å². The van der Waals surface area contributed by atoms with Crippen LogP contribution in [0.15, 0.2) is 54.6 Å². The Balaban J connectivity index is 1.78. The van der Waals surface area contributed by atoms with Gasteiger partial charge in [-0.2, -0.15) is 4.31 Å². The predicted octanol–water partition coefficient (Wildman–Crippen LogP) is 1.81. The van der Waals surface area contributed by atoms with Crippen LogP contribution in [-0.4, -0.2) is 67.5 Å². The van der Waals surface area contributed by atoms with Gasteiger partial charge in [-0.05, 0) is 43.5 Å². The number of nitrogens with zero attached hydrogens (tertiary/aromatic N) is 2. The van der Waals surface area contributed by atoms with Crippen LogP contribution in [0.1, 0.15) is 25.0 Å². The van der Waals surface area contributed by atoms with Crippen molar-refractivity contribution in [2.75, 3.05) is 32.5 Å². The highest BCUT2D eigenvalue weighted by atomic mass is 32.2. The highest BCUT2D eigenvalue weighted by molar-refractivity contribution is 7.88. The summed E-state index contributed by atoms with van der Waals surface area (Å²) in [5.74, 6) is -0.0149. The molecule has 1 fully saturated rings. The molecular formula is C24H31N3O5S. The van der Waals surface area contributed by atoms with Gasteiger partial charge in [0.1, 0.15) is 11.3 Å². The van der Waals surface area contributed by atoms with Crippen molar-refractivity contribution in [1.82, 2.24) is 14.5 Å². The lowest BCUT2D eigenvalue weighted by atomic mass is 9.94. The molecule has 1 saturated heterocycles. The monoisotopic (exact) mass is 473 g/mol. The minimum Gasteiger partial charge on any atom is -0.494 e. The van der Waals surface area contributed by atoms with E-state index in [0.717, 1.165) is 27.4 Å². The molecule has 2 amide bonds. The zero-order chi connectivity index (χ0) is 24.1. The van der Waals surface area contributed by atoms with E-state index in [1.165, 1.54) is 4.90 Å². The molecule has 0 radical (unpaired) electrons. The van der Waals surface area contributed by atoms with Crippen molar-refractivity contribution >= 4 is 21.8 Å². The molecule has 8 nitrogen and oxygen atoms in total. The molecule has 1 atom stereocenters. The summed E-state index contributed by atoms with van der Waals surface area (Å²) < 4.78 is 30.9. The summed E-state index contributed by atoms with van der Waals surface area (Å²) in [6, 6.07) is 17.0. The quantitative estimate of drug-likeness (QED) is 0.599. The van der Waals surface area contributed by atoms with Gasteiger partial charge in [0.2, 0.25) is 21.8 Å². The summed E-state index contributed by atoms with van der Waals surface area (Å²) in [7, 11) is -3.64. The van der Waals surface area contributed by atoms with Gasteiger partial charge >= 0.3 is 0 Å². The van der Waals surface area contributed by atoms with Crippen molar-refractivity contribution in [3.05, 3.63) is 65.7 Å². The van der Waals surface area contributed by atoms with Crippen LogP contribution < -0.4 is 10.1 Å². The first-order chi connectivity index (χ1) is 15.6. The molecule has 0 bridgehead atoms. The Hall–Kier alpha value is -2.91. The standard InChI is InChI=1S/C24H31N3O5S/c1-4-32-21-12-10-19(11-13-21)14-15-27-22(28)17-26(33(3,30)31)18-24(27,2)23(29)25-16-20-8-6-5-7-9-20/h5-13H,4,14-18H2,1-3H3,(H,25,29)/t24-/m0/s1. The third-order valence-electron chi connectivity index (χ3n) is 5.81. The molecule has 9 heteroatoms. The molecule has 2 aromatic carbocycles. The Morgan fingerprint density at radius 2 is 1.76 bits per heavy atom. The second kappa shape index (κ2) is 10.4. The molecule has 33 heavy (non-hydrogen) atoms. The molecule has 1 aliphatic rings. The number of carbonyl (C=O) groups is 2. The number of sulfonamides is 1. The fourth-order valence-electron chi connectivity index (χ4n) is 3.92. The van der Waals surface area contributed by atoms with E-state index < -0.39 is 21.5 Å². The van der Waals surface area contributed by atoms with Crippen LogP contribution in [0.4, 0.5) is 0 Å². The number of hydrogen-bond donors (Lipinski definition) is 1. The summed E-state index contributed by atoms with van der Waals surface area (Å²) >= 11 is 0. The van der Waals surface area contributed by atoms with E-state index in [4.69, 9.17) is 4.74 Å². The molecule has 0 unspecified atom stereocenters. The Kier molecular flexibility index (Phi) is 7.76. The second-order valence-electron chi connectivity index (χ2n) is 8.35. The first-order valence-corrected chi connectivity index (χ1v) is 12.8. The van der Waals surface area contributed by atoms with Crippen molar-refractivity contribution < 1.29 is 22.7 Å². The van der Waals surface area contributed by atoms with Crippen LogP contribution >= 0.6 is 0 Å². The summed E-state index contributed by atoms with van der Waals surface area (Å²) in [6.07, 6.45) is 1.58. The van der Waals surface area contributed by atoms with Crippen LogP contribution in [0.5, 0.6) is 5.75 Å². The van der Waals surface area contributed by atoms with Crippen LogP contribution in [-0.2, 0) is 32.6 Å². The van der Waals surface area contributed by atoms with Crippen molar-refractivity contribution in [2.24, 2.45) is 0 Å². The number of piperazine rings is 1. The fraction of sp³-hybridized carbons (Fsp3) is 0.417. The zero-order valence-corrected chi connectivity index (χ0v) is 20.1. The molecule has 0 aliphatic carbocycles. The smallest absolute Gasteiger partial charge is 0.247 e. The van der Waals surface area contributed by atoms with Gasteiger partial charge in [-0.3, -0.25) is 9.59 Å². The molecule has 1 aliphatic heterocycles. The summed E-state index contributed by atoms with van der Waals surface area (Å²) in [5.41, 5.74) is 0.569. The maximum absolute atomic E-state index is 13.3. The van der Waals surface area contributed by atoms with E-state index in [1.54, 1.807) is 6.92 Å². The second-order valence-corrected chi connectivity index (χ2v) is 10.3. The van der Waals surface area contributed by atoms with Crippen molar-refractivity contribution in [1.29, 1.82) is 0 Å². The van der Waals surface area contributed by atoms with Gasteiger partial charge in [0, 0.05) is 19.6 Å². The molecule has 0 saturated carbocycles. The van der Waals surface area contributed by atoms with Crippen molar-refractivity contribution in [3.8, 4) is 5.75 Å². The Morgan fingerprint density at radius 3 is 2.36 bits per heavy atom. The van der Waals surface area contributed by atoms with E-state index in [2.05, 4.69) is 5.32 Å². The molecule has 0 aromatic heterocycles. The molecule has 178 valence electrons. The average molecular weight is 474 g/mol. The molecule has 1 heterocycles. The van der Waals surface area contributed by atoms with E-state index >= 15 is 0 Å². The van der Waals surface area contributed by atoms with E-state index in [9.17, 15) is 18.0 Å². The lowest BCUT2D eigenvalue weighted by Crippen LogP contribution is -2.69. The lowest BCUT2D eigenvalue weighted by Gasteiger charge is -2.46. The van der Waals surface area contributed by atoms with Gasteiger partial charge in [-0.1, -0.05) is 42.5 Å². The maximum atomic E-state index is 13.3. The normalized spacial score (nSPS) is 19.4. The number of carbonyl (C=O) groups excluding carboxylic acids is 2. The Bertz CT molecular complexity index is 1070. The number of nitrogens with one attached hydrogen (secondary N) is 1. The van der Waals surface area contributed by atoms with Gasteiger partial charge in [-0.15, -0.1) is 0 Å². The predicted molar refractivity (Wildman–Crippen MR) is 126 cm³/mol. The van der Waals surface area contributed by atoms with Crippen LogP contribution in [0.2, 0.25) is 0 Å². The first-order valence-electron chi connectivity index (χ1n) is 10.9. The van der Waals surface area contributed by atoms with Crippen molar-refractivity contribution in [3.63, 3.8) is 0 Å². The van der Waals surface area contributed by atoms with Gasteiger partial charge < -0.3 is 15.0 Å². The molecule has 0 spiro atoms. The number of amides is 2. The summed E-state index contributed by atoms with van der Waals surface area (Å²) in [4.78, 5) is 27.8. The number of hydrogen-bond acceptors (Lipinski definition) is 5. The minimum atomic E-state index is -3.64. The number of ether oxygens (including phenoxy) is 1. The first kappa shape index (κ1) is 24.7. The molecule has 2 aromatic rings. The average Bonchev–Trinajstić information content (AvgIpc) is 2.78. The Morgan fingerprint density at radius 1 is 1.09 bits per heavy atom. The summed E-state index contributed by atoms with van der Waals surface area (Å²) in [6.45, 7) is 4.33. The Labute approximate surface area is 195 Å². The van der Waals surface area contributed by atoms with Gasteiger partial charge in [-0.25, -0.2) is 8.42 Å². The highest BCUT2D eigenvalue weighted by Crippen LogP contribution is 2.25. The van der Waals surface area contributed by atoms with Gasteiger partial charge in [0.25, 0.3) is 0 Å². The molecule has 1 N–H and O–H groups in total. The number of rotatable bonds is 9. The topological polar surface area (TPSA) is 96.0 Å². The van der Waals surface area contributed by atoms with Crippen LogP contribution in [0.3, 0.4) is 0 Å². The van der Waals surface area contributed by atoms with Gasteiger partial charge in [0.05, 0.1) is 19.4 Å². The number of benzene rings is 2. The summed E-state index contributed by atoms with van der Waals surface area (Å²) in [5, 5.41) is 2.88. The third kappa shape index (κ3) is 6.11. The molecule has 3 rings (SSSR count). The lowest BCUT2D eigenvalue weighted by molar-refractivity contribution is -0.152. The zero-order valence-electron chi connectivity index (χ0n) is 19.3. The fourth-order valence-corrected chi connectivity index (χ4v) is 4.76. The van der Waals surface area contributed by atoms with E-state index in [0.29, 0.717) is 19.6 Å². The van der Waals surface area contributed by atoms with E-state index in [-0.39, 0.29) is 25.5 Å². The third-order valence-corrected chi connectivity index (χ3v) is 7.00. The largest absolute Gasteiger partial charge is 0.494 e. The van der Waals surface area contributed by atoms with Crippen LogP contribution in [0.25, 0.3) is 0 Å². The minimum absolute atomic E-state index is 0.0958. The highest BCUT2D eigenvalue weighted by Gasteiger charge is 2.49. The van der Waals surface area contributed by atoms with E-state index in [1.807, 2.05) is 61.5 Å². The van der Waals surface area contributed by atoms with Gasteiger partial charge in [0.15, 0.2) is 0 Å². The molecular weight excluding hydrogens is 442 g/mol. The SMILES string of the molecule is CCOc1ccc(CCN2C(=O)CN(S(C)(=O)=O)C[C@@]2(C)C(=O)NCc2ccccc2)cc1.